The molecule has 0 radical (unpaired) electrons. The Bertz CT molecular complexity index is 615. The van der Waals surface area contributed by atoms with Gasteiger partial charge in [-0.3, -0.25) is 0 Å². The highest BCUT2D eigenvalue weighted by molar-refractivity contribution is 6.32. The highest BCUT2D eigenvalue weighted by Crippen LogP contribution is 2.33. The molecule has 0 saturated heterocycles. The summed E-state index contributed by atoms with van der Waals surface area (Å²) < 4.78 is 19.0. The van der Waals surface area contributed by atoms with Crippen LogP contribution in [-0.2, 0) is 0 Å². The van der Waals surface area contributed by atoms with E-state index in [1.54, 1.807) is 6.92 Å². The normalized spacial score (nSPS) is 12.3. The molecule has 20 heavy (non-hydrogen) atoms. The summed E-state index contributed by atoms with van der Waals surface area (Å²) in [5.74, 6) is 0.636. The van der Waals surface area contributed by atoms with Gasteiger partial charge < -0.3 is 9.84 Å². The molecule has 0 aliphatic carbocycles. The molecule has 106 valence electrons. The first-order chi connectivity index (χ1) is 9.38. The summed E-state index contributed by atoms with van der Waals surface area (Å²) in [5, 5.41) is 10.4. The topological polar surface area (TPSA) is 29.5 Å². The summed E-state index contributed by atoms with van der Waals surface area (Å²) in [6.07, 6.45) is -0.810. The highest BCUT2D eigenvalue weighted by atomic mass is 35.5. The Morgan fingerprint density at radius 3 is 2.30 bits per heavy atom. The van der Waals surface area contributed by atoms with Gasteiger partial charge in [-0.25, -0.2) is 4.39 Å². The molecular formula is C16H16ClFO2. The van der Waals surface area contributed by atoms with Crippen molar-refractivity contribution in [3.8, 4) is 11.5 Å². The zero-order valence-electron chi connectivity index (χ0n) is 11.6. The summed E-state index contributed by atoms with van der Waals surface area (Å²) in [4.78, 5) is 0. The van der Waals surface area contributed by atoms with E-state index in [2.05, 4.69) is 0 Å². The predicted octanol–water partition coefficient (Wildman–Crippen LogP) is 4.94. The number of aliphatic hydroxyl groups is 1. The number of rotatable bonds is 3. The Morgan fingerprint density at radius 2 is 1.75 bits per heavy atom. The van der Waals surface area contributed by atoms with Crippen molar-refractivity contribution in [2.45, 2.75) is 26.9 Å². The molecule has 1 N–H and O–H groups in total. The molecule has 0 spiro atoms. The van der Waals surface area contributed by atoms with Crippen LogP contribution in [-0.4, -0.2) is 5.11 Å². The average Bonchev–Trinajstić information content (AvgIpc) is 2.37. The van der Waals surface area contributed by atoms with E-state index in [9.17, 15) is 9.50 Å². The summed E-state index contributed by atoms with van der Waals surface area (Å²) >= 11 is 6.11. The van der Waals surface area contributed by atoms with Gasteiger partial charge in [-0.05, 0) is 62.2 Å². The van der Waals surface area contributed by atoms with Crippen LogP contribution in [0.5, 0.6) is 11.5 Å². The fraction of sp³-hybridized carbons (Fsp3) is 0.250. The molecule has 0 fully saturated rings. The van der Waals surface area contributed by atoms with Gasteiger partial charge in [-0.2, -0.15) is 0 Å². The van der Waals surface area contributed by atoms with Crippen LogP contribution >= 0.6 is 11.6 Å². The van der Waals surface area contributed by atoms with E-state index in [1.165, 1.54) is 18.2 Å². The van der Waals surface area contributed by atoms with Crippen LogP contribution in [0, 0.1) is 19.7 Å². The molecule has 2 rings (SSSR count). The van der Waals surface area contributed by atoms with E-state index in [4.69, 9.17) is 16.3 Å². The Hall–Kier alpha value is -1.58. The molecule has 0 aliphatic heterocycles. The van der Waals surface area contributed by atoms with E-state index < -0.39 is 11.9 Å². The fourth-order valence-corrected chi connectivity index (χ4v) is 2.14. The van der Waals surface area contributed by atoms with Crippen molar-refractivity contribution in [2.75, 3.05) is 0 Å². The van der Waals surface area contributed by atoms with Crippen LogP contribution in [0.2, 0.25) is 5.02 Å². The largest absolute Gasteiger partial charge is 0.457 e. The van der Waals surface area contributed by atoms with Gasteiger partial charge in [0, 0.05) is 10.6 Å². The quantitative estimate of drug-likeness (QED) is 0.868. The van der Waals surface area contributed by atoms with E-state index in [1.807, 2.05) is 26.0 Å². The summed E-state index contributed by atoms with van der Waals surface area (Å²) in [6.45, 7) is 5.35. The fourth-order valence-electron chi connectivity index (χ4n) is 2.03. The zero-order valence-corrected chi connectivity index (χ0v) is 12.3. The standard InChI is InChI=1S/C16H16ClFO2/c1-9-6-13(7-10(2)16(9)17)20-15-5-4-12(18)8-14(15)11(3)19/h4-8,11,19H,1-3H3/t11-/m1/s1. The Kier molecular flexibility index (Phi) is 4.31. The van der Waals surface area contributed by atoms with Crippen molar-refractivity contribution in [1.29, 1.82) is 0 Å². The molecular weight excluding hydrogens is 279 g/mol. The van der Waals surface area contributed by atoms with Crippen molar-refractivity contribution >= 4 is 11.6 Å². The Balaban J connectivity index is 2.40. The van der Waals surface area contributed by atoms with Crippen molar-refractivity contribution < 1.29 is 14.2 Å². The molecule has 0 bridgehead atoms. The minimum absolute atomic E-state index is 0.406. The Morgan fingerprint density at radius 1 is 1.15 bits per heavy atom. The SMILES string of the molecule is Cc1cc(Oc2ccc(F)cc2[C@@H](C)O)cc(C)c1Cl. The molecule has 0 saturated carbocycles. The first-order valence-corrected chi connectivity index (χ1v) is 6.68. The number of aliphatic hydroxyl groups excluding tert-OH is 1. The van der Waals surface area contributed by atoms with Crippen LogP contribution in [0.25, 0.3) is 0 Å². The molecule has 2 aromatic carbocycles. The second kappa shape index (κ2) is 5.81. The smallest absolute Gasteiger partial charge is 0.133 e. The predicted molar refractivity (Wildman–Crippen MR) is 78.0 cm³/mol. The maximum atomic E-state index is 13.2. The molecule has 0 amide bonds. The molecule has 4 heteroatoms. The number of aryl methyl sites for hydroxylation is 2. The monoisotopic (exact) mass is 294 g/mol. The molecule has 2 aromatic rings. The minimum Gasteiger partial charge on any atom is -0.457 e. The lowest BCUT2D eigenvalue weighted by Crippen LogP contribution is -1.97. The number of benzene rings is 2. The van der Waals surface area contributed by atoms with Gasteiger partial charge >= 0.3 is 0 Å². The summed E-state index contributed by atoms with van der Waals surface area (Å²) in [7, 11) is 0. The van der Waals surface area contributed by atoms with Crippen molar-refractivity contribution in [3.05, 3.63) is 57.9 Å². The van der Waals surface area contributed by atoms with E-state index >= 15 is 0 Å². The van der Waals surface area contributed by atoms with Gasteiger partial charge in [-0.15, -0.1) is 0 Å². The second-order valence-electron chi connectivity index (χ2n) is 4.83. The maximum Gasteiger partial charge on any atom is 0.133 e. The maximum absolute atomic E-state index is 13.2. The third-order valence-corrected chi connectivity index (χ3v) is 3.66. The summed E-state index contributed by atoms with van der Waals surface area (Å²) in [6, 6.07) is 7.71. The van der Waals surface area contributed by atoms with Crippen LogP contribution < -0.4 is 4.74 Å². The molecule has 0 unspecified atom stereocenters. The molecule has 1 atom stereocenters. The third-order valence-electron chi connectivity index (χ3n) is 3.06. The van der Waals surface area contributed by atoms with E-state index in [0.29, 0.717) is 22.1 Å². The third kappa shape index (κ3) is 3.11. The van der Waals surface area contributed by atoms with Crippen LogP contribution in [0.1, 0.15) is 29.7 Å². The van der Waals surface area contributed by atoms with Gasteiger partial charge in [-0.1, -0.05) is 11.6 Å². The number of halogens is 2. The van der Waals surface area contributed by atoms with E-state index in [0.717, 1.165) is 11.1 Å². The Labute approximate surface area is 122 Å². The van der Waals surface area contributed by atoms with Crippen LogP contribution in [0.3, 0.4) is 0 Å². The molecule has 0 aromatic heterocycles. The first kappa shape index (κ1) is 14.8. The lowest BCUT2D eigenvalue weighted by molar-refractivity contribution is 0.195. The van der Waals surface area contributed by atoms with Gasteiger partial charge in [0.15, 0.2) is 0 Å². The van der Waals surface area contributed by atoms with Crippen molar-refractivity contribution in [1.82, 2.24) is 0 Å². The number of hydrogen-bond acceptors (Lipinski definition) is 2. The van der Waals surface area contributed by atoms with Gasteiger partial charge in [0.2, 0.25) is 0 Å². The molecule has 2 nitrogen and oxygen atoms in total. The second-order valence-corrected chi connectivity index (χ2v) is 5.21. The van der Waals surface area contributed by atoms with Crippen LogP contribution in [0.15, 0.2) is 30.3 Å². The highest BCUT2D eigenvalue weighted by Gasteiger charge is 2.12. The van der Waals surface area contributed by atoms with Gasteiger partial charge in [0.05, 0.1) is 6.10 Å². The van der Waals surface area contributed by atoms with Crippen LogP contribution in [0.4, 0.5) is 4.39 Å². The molecule has 0 aliphatic rings. The van der Waals surface area contributed by atoms with E-state index in [-0.39, 0.29) is 0 Å². The lowest BCUT2D eigenvalue weighted by Gasteiger charge is -2.14. The minimum atomic E-state index is -0.810. The zero-order chi connectivity index (χ0) is 14.9. The summed E-state index contributed by atoms with van der Waals surface area (Å²) in [5.41, 5.74) is 2.22. The number of hydrogen-bond donors (Lipinski definition) is 1. The molecule has 0 heterocycles. The number of ether oxygens (including phenoxy) is 1. The van der Waals surface area contributed by atoms with Crippen molar-refractivity contribution in [2.24, 2.45) is 0 Å². The van der Waals surface area contributed by atoms with Gasteiger partial charge in [0.1, 0.15) is 17.3 Å². The first-order valence-electron chi connectivity index (χ1n) is 6.30. The lowest BCUT2D eigenvalue weighted by atomic mass is 10.1. The van der Waals surface area contributed by atoms with Gasteiger partial charge in [0.25, 0.3) is 0 Å². The van der Waals surface area contributed by atoms with Crippen molar-refractivity contribution in [3.63, 3.8) is 0 Å². The average molecular weight is 295 g/mol.